The summed E-state index contributed by atoms with van der Waals surface area (Å²) in [6.45, 7) is 0.974. The SMILES string of the molecule is CN(C)CCc1ccccc1Oc1ccc(Cl)c(Cl)c1. The van der Waals surface area contributed by atoms with E-state index >= 15 is 0 Å². The molecular weight excluding hydrogens is 293 g/mol. The zero-order chi connectivity index (χ0) is 14.5. The monoisotopic (exact) mass is 309 g/mol. The highest BCUT2D eigenvalue weighted by molar-refractivity contribution is 6.42. The lowest BCUT2D eigenvalue weighted by Crippen LogP contribution is -2.15. The zero-order valence-corrected chi connectivity index (χ0v) is 13.1. The van der Waals surface area contributed by atoms with Crippen molar-refractivity contribution in [1.29, 1.82) is 0 Å². The molecule has 0 saturated carbocycles. The third kappa shape index (κ3) is 4.14. The van der Waals surface area contributed by atoms with Crippen LogP contribution < -0.4 is 4.74 Å². The van der Waals surface area contributed by atoms with E-state index in [0.717, 1.165) is 18.7 Å². The van der Waals surface area contributed by atoms with E-state index in [2.05, 4.69) is 25.1 Å². The van der Waals surface area contributed by atoms with Crippen LogP contribution in [0.2, 0.25) is 10.0 Å². The minimum absolute atomic E-state index is 0.495. The molecule has 0 saturated heterocycles. The predicted molar refractivity (Wildman–Crippen MR) is 85.2 cm³/mol. The predicted octanol–water partition coefficient (Wildman–Crippen LogP) is 4.89. The van der Waals surface area contributed by atoms with E-state index in [4.69, 9.17) is 27.9 Å². The summed E-state index contributed by atoms with van der Waals surface area (Å²) >= 11 is 11.9. The second-order valence-electron chi connectivity index (χ2n) is 4.84. The van der Waals surface area contributed by atoms with Crippen molar-refractivity contribution in [2.75, 3.05) is 20.6 Å². The van der Waals surface area contributed by atoms with Crippen molar-refractivity contribution in [2.24, 2.45) is 0 Å². The molecule has 0 fully saturated rings. The molecule has 20 heavy (non-hydrogen) atoms. The molecule has 0 aliphatic rings. The maximum absolute atomic E-state index is 6.00. The van der Waals surface area contributed by atoms with Gasteiger partial charge in [-0.2, -0.15) is 0 Å². The van der Waals surface area contributed by atoms with Crippen LogP contribution in [0, 0.1) is 0 Å². The van der Waals surface area contributed by atoms with E-state index in [0.29, 0.717) is 15.8 Å². The third-order valence-electron chi connectivity index (χ3n) is 2.92. The van der Waals surface area contributed by atoms with E-state index in [9.17, 15) is 0 Å². The number of benzene rings is 2. The van der Waals surface area contributed by atoms with Crippen molar-refractivity contribution in [3.05, 3.63) is 58.1 Å². The van der Waals surface area contributed by atoms with Crippen LogP contribution in [0.15, 0.2) is 42.5 Å². The van der Waals surface area contributed by atoms with Crippen LogP contribution >= 0.6 is 23.2 Å². The fourth-order valence-electron chi connectivity index (χ4n) is 1.82. The summed E-state index contributed by atoms with van der Waals surface area (Å²) in [5, 5.41) is 1.02. The van der Waals surface area contributed by atoms with E-state index < -0.39 is 0 Å². The Hall–Kier alpha value is -1.22. The minimum Gasteiger partial charge on any atom is -0.457 e. The van der Waals surface area contributed by atoms with Gasteiger partial charge in [-0.1, -0.05) is 41.4 Å². The van der Waals surface area contributed by atoms with Gasteiger partial charge in [0.1, 0.15) is 11.5 Å². The minimum atomic E-state index is 0.495. The first kappa shape index (κ1) is 15.2. The van der Waals surface area contributed by atoms with Gasteiger partial charge in [-0.3, -0.25) is 0 Å². The lowest BCUT2D eigenvalue weighted by Gasteiger charge is -2.14. The number of hydrogen-bond acceptors (Lipinski definition) is 2. The first-order valence-electron chi connectivity index (χ1n) is 6.42. The molecule has 2 aromatic rings. The molecule has 2 nitrogen and oxygen atoms in total. The molecule has 0 N–H and O–H groups in total. The second kappa shape index (κ2) is 6.98. The van der Waals surface area contributed by atoms with Crippen LogP contribution in [0.4, 0.5) is 0 Å². The molecule has 2 rings (SSSR count). The Kier molecular flexibility index (Phi) is 5.30. The molecule has 0 amide bonds. The standard InChI is InChI=1S/C16H17Cl2NO/c1-19(2)10-9-12-5-3-4-6-16(12)20-13-7-8-14(17)15(18)11-13/h3-8,11H,9-10H2,1-2H3. The molecule has 0 unspecified atom stereocenters. The van der Waals surface area contributed by atoms with Gasteiger partial charge in [0.05, 0.1) is 10.0 Å². The van der Waals surface area contributed by atoms with Crippen LogP contribution in [0.25, 0.3) is 0 Å². The number of halogens is 2. The maximum atomic E-state index is 6.00. The average Bonchev–Trinajstić information content (AvgIpc) is 2.42. The molecule has 0 radical (unpaired) electrons. The van der Waals surface area contributed by atoms with Gasteiger partial charge in [-0.25, -0.2) is 0 Å². The van der Waals surface area contributed by atoms with Crippen LogP contribution in [0.1, 0.15) is 5.56 Å². The number of ether oxygens (including phenoxy) is 1. The van der Waals surface area contributed by atoms with Crippen LogP contribution in [-0.4, -0.2) is 25.5 Å². The lowest BCUT2D eigenvalue weighted by atomic mass is 10.1. The van der Waals surface area contributed by atoms with Gasteiger partial charge < -0.3 is 9.64 Å². The zero-order valence-electron chi connectivity index (χ0n) is 11.6. The molecule has 0 spiro atoms. The van der Waals surface area contributed by atoms with Gasteiger partial charge in [-0.05, 0) is 44.3 Å². The molecule has 0 aromatic heterocycles. The molecule has 106 valence electrons. The van der Waals surface area contributed by atoms with Crippen LogP contribution in [-0.2, 0) is 6.42 Å². The molecule has 0 bridgehead atoms. The Balaban J connectivity index is 2.17. The topological polar surface area (TPSA) is 12.5 Å². The fraction of sp³-hybridized carbons (Fsp3) is 0.250. The molecule has 4 heteroatoms. The number of para-hydroxylation sites is 1. The molecule has 0 aliphatic carbocycles. The molecule has 0 heterocycles. The van der Waals surface area contributed by atoms with Gasteiger partial charge >= 0.3 is 0 Å². The number of hydrogen-bond donors (Lipinski definition) is 0. The Morgan fingerprint density at radius 2 is 1.75 bits per heavy atom. The van der Waals surface area contributed by atoms with Gasteiger partial charge in [-0.15, -0.1) is 0 Å². The van der Waals surface area contributed by atoms with Crippen molar-refractivity contribution in [3.63, 3.8) is 0 Å². The van der Waals surface area contributed by atoms with Crippen LogP contribution in [0.3, 0.4) is 0 Å². The summed E-state index contributed by atoms with van der Waals surface area (Å²) in [4.78, 5) is 2.15. The van der Waals surface area contributed by atoms with E-state index in [1.165, 1.54) is 5.56 Å². The molecule has 2 aromatic carbocycles. The largest absolute Gasteiger partial charge is 0.457 e. The Bertz CT molecular complexity index is 584. The first-order valence-corrected chi connectivity index (χ1v) is 7.17. The highest BCUT2D eigenvalue weighted by atomic mass is 35.5. The molecule has 0 aliphatic heterocycles. The summed E-state index contributed by atoms with van der Waals surface area (Å²) < 4.78 is 5.92. The summed E-state index contributed by atoms with van der Waals surface area (Å²) in [6, 6.07) is 13.3. The fourth-order valence-corrected chi connectivity index (χ4v) is 2.11. The van der Waals surface area contributed by atoms with E-state index in [1.807, 2.05) is 24.3 Å². The second-order valence-corrected chi connectivity index (χ2v) is 5.65. The van der Waals surface area contributed by atoms with E-state index in [-0.39, 0.29) is 0 Å². The van der Waals surface area contributed by atoms with Crippen molar-refractivity contribution < 1.29 is 4.74 Å². The normalized spacial score (nSPS) is 10.8. The summed E-state index contributed by atoms with van der Waals surface area (Å²) in [6.07, 6.45) is 0.935. The summed E-state index contributed by atoms with van der Waals surface area (Å²) in [5.74, 6) is 1.55. The van der Waals surface area contributed by atoms with Gasteiger partial charge in [0.15, 0.2) is 0 Å². The van der Waals surface area contributed by atoms with Gasteiger partial charge in [0, 0.05) is 12.6 Å². The Labute approximate surface area is 129 Å². The number of rotatable bonds is 5. The van der Waals surface area contributed by atoms with Crippen molar-refractivity contribution in [2.45, 2.75) is 6.42 Å². The summed E-state index contributed by atoms with van der Waals surface area (Å²) in [7, 11) is 4.12. The third-order valence-corrected chi connectivity index (χ3v) is 3.66. The van der Waals surface area contributed by atoms with Gasteiger partial charge in [0.25, 0.3) is 0 Å². The van der Waals surface area contributed by atoms with Gasteiger partial charge in [0.2, 0.25) is 0 Å². The van der Waals surface area contributed by atoms with E-state index in [1.54, 1.807) is 12.1 Å². The Morgan fingerprint density at radius 1 is 1.00 bits per heavy atom. The average molecular weight is 310 g/mol. The Morgan fingerprint density at radius 3 is 2.45 bits per heavy atom. The first-order chi connectivity index (χ1) is 9.56. The highest BCUT2D eigenvalue weighted by Gasteiger charge is 2.06. The maximum Gasteiger partial charge on any atom is 0.130 e. The quantitative estimate of drug-likeness (QED) is 0.779. The lowest BCUT2D eigenvalue weighted by molar-refractivity contribution is 0.408. The molecule has 0 atom stereocenters. The smallest absolute Gasteiger partial charge is 0.130 e. The van der Waals surface area contributed by atoms with Crippen LogP contribution in [0.5, 0.6) is 11.5 Å². The molecular formula is C16H17Cl2NO. The van der Waals surface area contributed by atoms with Crippen molar-refractivity contribution in [1.82, 2.24) is 4.90 Å². The highest BCUT2D eigenvalue weighted by Crippen LogP contribution is 2.31. The number of nitrogens with zero attached hydrogens (tertiary/aromatic N) is 1. The number of likely N-dealkylation sites (N-methyl/N-ethyl adjacent to an activating group) is 1. The van der Waals surface area contributed by atoms with Crippen molar-refractivity contribution in [3.8, 4) is 11.5 Å². The van der Waals surface area contributed by atoms with Crippen molar-refractivity contribution >= 4 is 23.2 Å². The summed E-state index contributed by atoms with van der Waals surface area (Å²) in [5.41, 5.74) is 1.17.